The van der Waals surface area contributed by atoms with Crippen molar-refractivity contribution in [2.24, 2.45) is 0 Å². The molecule has 116 valence electrons. The van der Waals surface area contributed by atoms with E-state index >= 15 is 0 Å². The molecule has 1 N–H and O–H groups in total. The third kappa shape index (κ3) is 5.31. The molecule has 0 spiro atoms. The summed E-state index contributed by atoms with van der Waals surface area (Å²) in [7, 11) is 0. The average molecular weight is 333 g/mol. The van der Waals surface area contributed by atoms with E-state index in [0.717, 1.165) is 21.1 Å². The maximum absolute atomic E-state index is 12.2. The van der Waals surface area contributed by atoms with Crippen LogP contribution in [0.3, 0.4) is 0 Å². The molecule has 22 heavy (non-hydrogen) atoms. The van der Waals surface area contributed by atoms with Crippen molar-refractivity contribution in [2.45, 2.75) is 25.2 Å². The van der Waals surface area contributed by atoms with Gasteiger partial charge in [-0.25, -0.2) is 0 Å². The molecular weight excluding hydrogens is 314 g/mol. The molecule has 0 radical (unpaired) electrons. The molecular formula is C17H19NO2S2. The summed E-state index contributed by atoms with van der Waals surface area (Å²) in [5.74, 6) is 0.582. The molecule has 2 rings (SSSR count). The summed E-state index contributed by atoms with van der Waals surface area (Å²) >= 11 is 3.08. The van der Waals surface area contributed by atoms with Crippen molar-refractivity contribution >= 4 is 34.8 Å². The first-order valence-electron chi connectivity index (χ1n) is 7.10. The Labute approximate surface area is 139 Å². The Morgan fingerprint density at radius 2 is 1.86 bits per heavy atom. The van der Waals surface area contributed by atoms with Gasteiger partial charge in [0.1, 0.15) is 0 Å². The zero-order chi connectivity index (χ0) is 15.9. The number of hydrogen-bond donors (Lipinski definition) is 1. The maximum atomic E-state index is 12.2. The van der Waals surface area contributed by atoms with Crippen LogP contribution in [0.4, 0.5) is 0 Å². The molecule has 0 fully saturated rings. The van der Waals surface area contributed by atoms with E-state index in [1.54, 1.807) is 11.8 Å². The minimum atomic E-state index is -0.0256. The molecule has 0 saturated heterocycles. The summed E-state index contributed by atoms with van der Waals surface area (Å²) < 4.78 is 0. The molecule has 0 unspecified atom stereocenters. The van der Waals surface area contributed by atoms with Crippen molar-refractivity contribution in [1.82, 2.24) is 5.32 Å². The van der Waals surface area contributed by atoms with Gasteiger partial charge in [0.2, 0.25) is 5.91 Å². The molecule has 2 aromatic rings. The second-order valence-corrected chi connectivity index (χ2v) is 7.24. The number of carbonyl (C=O) groups is 2. The molecule has 1 aromatic heterocycles. The smallest absolute Gasteiger partial charge is 0.216 e. The molecule has 5 heteroatoms. The maximum Gasteiger partial charge on any atom is 0.216 e. The number of hydrogen-bond acceptors (Lipinski definition) is 4. The minimum Gasteiger partial charge on any atom is -0.356 e. The monoisotopic (exact) mass is 333 g/mol. The lowest BCUT2D eigenvalue weighted by atomic mass is 10.2. The van der Waals surface area contributed by atoms with Crippen molar-refractivity contribution in [3.05, 3.63) is 51.7 Å². The van der Waals surface area contributed by atoms with E-state index < -0.39 is 0 Å². The molecule has 1 aromatic carbocycles. The summed E-state index contributed by atoms with van der Waals surface area (Å²) in [6.07, 6.45) is 0.766. The summed E-state index contributed by atoms with van der Waals surface area (Å²) in [5, 5.41) is 2.76. The van der Waals surface area contributed by atoms with Crippen LogP contribution in [-0.4, -0.2) is 24.0 Å². The lowest BCUT2D eigenvalue weighted by Crippen LogP contribution is -2.22. The highest BCUT2D eigenvalue weighted by atomic mass is 32.2. The third-order valence-corrected chi connectivity index (χ3v) is 5.27. The van der Waals surface area contributed by atoms with Gasteiger partial charge in [-0.2, -0.15) is 0 Å². The zero-order valence-corrected chi connectivity index (χ0v) is 14.4. The van der Waals surface area contributed by atoms with E-state index in [2.05, 4.69) is 17.4 Å². The summed E-state index contributed by atoms with van der Waals surface area (Å²) in [4.78, 5) is 26.0. The Morgan fingerprint density at radius 1 is 1.14 bits per heavy atom. The number of thiophene rings is 1. The number of nitrogens with one attached hydrogen (secondary N) is 1. The molecule has 0 aliphatic heterocycles. The molecule has 1 amide bonds. The van der Waals surface area contributed by atoms with Crippen LogP contribution in [0.1, 0.15) is 27.0 Å². The van der Waals surface area contributed by atoms with Gasteiger partial charge in [0.25, 0.3) is 0 Å². The highest BCUT2D eigenvalue weighted by Crippen LogP contribution is 2.23. The van der Waals surface area contributed by atoms with Gasteiger partial charge in [-0.15, -0.1) is 23.1 Å². The van der Waals surface area contributed by atoms with E-state index in [1.807, 2.05) is 31.2 Å². The zero-order valence-electron chi connectivity index (χ0n) is 12.7. The number of Topliss-reactive ketones (excluding diaryl/α,β-unsaturated/α-hetero) is 1. The number of ketones is 1. The highest BCUT2D eigenvalue weighted by Gasteiger charge is 2.10. The Balaban J connectivity index is 1.83. The number of carbonyl (C=O) groups excluding carboxylic acids is 2. The Bertz CT molecular complexity index is 647. The molecule has 0 saturated carbocycles. The normalized spacial score (nSPS) is 10.5. The van der Waals surface area contributed by atoms with Crippen LogP contribution in [0.15, 0.2) is 41.3 Å². The van der Waals surface area contributed by atoms with Crippen molar-refractivity contribution in [2.75, 3.05) is 12.3 Å². The molecule has 0 aliphatic carbocycles. The number of rotatable bonds is 7. The van der Waals surface area contributed by atoms with Gasteiger partial charge >= 0.3 is 0 Å². The molecule has 0 bridgehead atoms. The van der Waals surface area contributed by atoms with E-state index in [9.17, 15) is 9.59 Å². The van der Waals surface area contributed by atoms with Gasteiger partial charge in [-0.05, 0) is 37.6 Å². The molecule has 0 atom stereocenters. The molecule has 0 aliphatic rings. The lowest BCUT2D eigenvalue weighted by Gasteiger charge is -2.01. The lowest BCUT2D eigenvalue weighted by molar-refractivity contribution is -0.118. The first-order valence-corrected chi connectivity index (χ1v) is 8.90. The summed E-state index contributed by atoms with van der Waals surface area (Å²) in [6, 6.07) is 12.0. The second kappa shape index (κ2) is 8.15. The van der Waals surface area contributed by atoms with Crippen LogP contribution in [0.2, 0.25) is 0 Å². The van der Waals surface area contributed by atoms with Gasteiger partial charge in [-0.1, -0.05) is 17.7 Å². The van der Waals surface area contributed by atoms with Crippen LogP contribution in [0, 0.1) is 6.92 Å². The van der Waals surface area contributed by atoms with Crippen LogP contribution in [-0.2, 0) is 11.2 Å². The standard InChI is InChI=1S/C17H19NO2S2/c1-12-3-5-14(6-4-12)21-11-16(20)17-8-7-15(22-17)9-10-18-13(2)19/h3-8H,9-11H2,1-2H3,(H,18,19). The summed E-state index contributed by atoms with van der Waals surface area (Å²) in [6.45, 7) is 4.17. The first-order chi connectivity index (χ1) is 10.5. The van der Waals surface area contributed by atoms with E-state index in [4.69, 9.17) is 0 Å². The van der Waals surface area contributed by atoms with Crippen LogP contribution < -0.4 is 5.32 Å². The fourth-order valence-corrected chi connectivity index (χ4v) is 3.70. The quantitative estimate of drug-likeness (QED) is 0.620. The molecule has 3 nitrogen and oxygen atoms in total. The van der Waals surface area contributed by atoms with Gasteiger partial charge < -0.3 is 5.32 Å². The van der Waals surface area contributed by atoms with Gasteiger partial charge in [0.15, 0.2) is 5.78 Å². The topological polar surface area (TPSA) is 46.2 Å². The Hall–Kier alpha value is -1.59. The first kappa shape index (κ1) is 16.8. The highest BCUT2D eigenvalue weighted by molar-refractivity contribution is 8.00. The van der Waals surface area contributed by atoms with Crippen LogP contribution in [0.25, 0.3) is 0 Å². The number of thioether (sulfide) groups is 1. The van der Waals surface area contributed by atoms with Gasteiger partial charge in [-0.3, -0.25) is 9.59 Å². The predicted octanol–water partition coefficient (Wildman–Crippen LogP) is 3.71. The van der Waals surface area contributed by atoms with E-state index in [1.165, 1.54) is 23.8 Å². The number of aryl methyl sites for hydroxylation is 1. The van der Waals surface area contributed by atoms with Crippen molar-refractivity contribution < 1.29 is 9.59 Å². The van der Waals surface area contributed by atoms with Crippen LogP contribution in [0.5, 0.6) is 0 Å². The van der Waals surface area contributed by atoms with Crippen LogP contribution >= 0.6 is 23.1 Å². The van der Waals surface area contributed by atoms with E-state index in [-0.39, 0.29) is 11.7 Å². The van der Waals surface area contributed by atoms with Gasteiger partial charge in [0, 0.05) is 23.2 Å². The Morgan fingerprint density at radius 3 is 2.55 bits per heavy atom. The van der Waals surface area contributed by atoms with Crippen molar-refractivity contribution in [3.8, 4) is 0 Å². The van der Waals surface area contributed by atoms with E-state index in [0.29, 0.717) is 12.3 Å². The fourth-order valence-electron chi connectivity index (χ4n) is 1.88. The third-order valence-electron chi connectivity index (χ3n) is 3.07. The predicted molar refractivity (Wildman–Crippen MR) is 92.9 cm³/mol. The average Bonchev–Trinajstić information content (AvgIpc) is 2.95. The SMILES string of the molecule is CC(=O)NCCc1ccc(C(=O)CSc2ccc(C)cc2)s1. The van der Waals surface area contributed by atoms with Crippen molar-refractivity contribution in [3.63, 3.8) is 0 Å². The summed E-state index contributed by atoms with van der Waals surface area (Å²) in [5.41, 5.74) is 1.22. The number of benzene rings is 1. The Kier molecular flexibility index (Phi) is 6.21. The minimum absolute atomic E-state index is 0.0256. The largest absolute Gasteiger partial charge is 0.356 e. The van der Waals surface area contributed by atoms with Crippen molar-refractivity contribution in [1.29, 1.82) is 0 Å². The second-order valence-electron chi connectivity index (χ2n) is 5.02. The number of amides is 1. The van der Waals surface area contributed by atoms with Gasteiger partial charge in [0.05, 0.1) is 10.6 Å². The fraction of sp³-hybridized carbons (Fsp3) is 0.294. The molecule has 1 heterocycles.